The fourth-order valence-electron chi connectivity index (χ4n) is 3.95. The zero-order chi connectivity index (χ0) is 18.9. The minimum Gasteiger partial charge on any atom is -0.352 e. The third-order valence-corrected chi connectivity index (χ3v) is 5.58. The lowest BCUT2D eigenvalue weighted by molar-refractivity contribution is 0.620. The number of anilines is 2. The van der Waals surface area contributed by atoms with Gasteiger partial charge in [0.25, 0.3) is 0 Å². The summed E-state index contributed by atoms with van der Waals surface area (Å²) in [6.07, 6.45) is 6.61. The number of aromatic nitrogens is 6. The van der Waals surface area contributed by atoms with E-state index in [2.05, 4.69) is 41.4 Å². The highest BCUT2D eigenvalue weighted by Gasteiger charge is 2.21. The first-order valence-electron chi connectivity index (χ1n) is 9.98. The third kappa shape index (κ3) is 3.30. The molecule has 0 aromatic carbocycles. The maximum Gasteiger partial charge on any atom is 0.175 e. The molecule has 8 heteroatoms. The molecule has 0 amide bonds. The second-order valence-electron chi connectivity index (χ2n) is 7.51. The Balaban J connectivity index is 1.24. The monoisotopic (exact) mass is 376 g/mol. The minimum atomic E-state index is 0.736. The highest BCUT2D eigenvalue weighted by Crippen LogP contribution is 2.23. The summed E-state index contributed by atoms with van der Waals surface area (Å²) in [4.78, 5) is 4.60. The Hall–Kier alpha value is -3.03. The van der Waals surface area contributed by atoms with Crippen LogP contribution in [0.4, 0.5) is 11.6 Å². The number of nitrogens with zero attached hydrogens (tertiary/aromatic N) is 8. The van der Waals surface area contributed by atoms with Crippen molar-refractivity contribution in [2.45, 2.75) is 32.6 Å². The summed E-state index contributed by atoms with van der Waals surface area (Å²) in [7, 11) is 0. The zero-order valence-electron chi connectivity index (χ0n) is 16.1. The lowest BCUT2D eigenvalue weighted by Gasteiger charge is -2.35. The molecule has 0 bridgehead atoms. The van der Waals surface area contributed by atoms with Crippen LogP contribution in [0.2, 0.25) is 0 Å². The Kier molecular flexibility index (Phi) is 4.38. The van der Waals surface area contributed by atoms with Gasteiger partial charge in [0, 0.05) is 32.4 Å². The molecule has 0 saturated carbocycles. The number of rotatable bonds is 3. The van der Waals surface area contributed by atoms with E-state index in [-0.39, 0.29) is 0 Å². The number of fused-ring (bicyclic) bond motifs is 1. The molecule has 0 unspecified atom stereocenters. The quantitative estimate of drug-likeness (QED) is 0.692. The van der Waals surface area contributed by atoms with Crippen molar-refractivity contribution in [3.63, 3.8) is 0 Å². The molecule has 1 aliphatic heterocycles. The SMILES string of the molecule is Cc1ccn(-c2ccc(N3CCN(c4cc5c(nn4)CCCC5)CC3)nn2)n1. The molecule has 0 spiro atoms. The van der Waals surface area contributed by atoms with Crippen LogP contribution in [-0.2, 0) is 12.8 Å². The van der Waals surface area contributed by atoms with Crippen LogP contribution in [0.15, 0.2) is 30.5 Å². The van der Waals surface area contributed by atoms with E-state index < -0.39 is 0 Å². The van der Waals surface area contributed by atoms with Gasteiger partial charge < -0.3 is 9.80 Å². The standard InChI is InChI=1S/C20H24N8/c1-15-8-9-28(25-15)19-7-6-18(22-23-19)26-10-12-27(13-11-26)20-14-16-4-2-3-5-17(16)21-24-20/h6-9,14H,2-5,10-13H2,1H3. The minimum absolute atomic E-state index is 0.736. The summed E-state index contributed by atoms with van der Waals surface area (Å²) >= 11 is 0. The highest BCUT2D eigenvalue weighted by atomic mass is 15.4. The second-order valence-corrected chi connectivity index (χ2v) is 7.51. The van der Waals surface area contributed by atoms with Crippen LogP contribution in [0.3, 0.4) is 0 Å². The Morgan fingerprint density at radius 1 is 0.750 bits per heavy atom. The van der Waals surface area contributed by atoms with E-state index in [9.17, 15) is 0 Å². The van der Waals surface area contributed by atoms with Crippen molar-refractivity contribution < 1.29 is 0 Å². The number of piperazine rings is 1. The molecule has 2 aliphatic rings. The van der Waals surface area contributed by atoms with Crippen molar-refractivity contribution in [2.75, 3.05) is 36.0 Å². The van der Waals surface area contributed by atoms with Gasteiger partial charge in [0.05, 0.1) is 11.4 Å². The van der Waals surface area contributed by atoms with Crippen LogP contribution in [0.25, 0.3) is 5.82 Å². The molecule has 0 radical (unpaired) electrons. The van der Waals surface area contributed by atoms with Crippen LogP contribution in [0.5, 0.6) is 0 Å². The molecule has 3 aromatic heterocycles. The van der Waals surface area contributed by atoms with E-state index in [0.717, 1.165) is 62.2 Å². The molecule has 144 valence electrons. The van der Waals surface area contributed by atoms with Gasteiger partial charge in [-0.25, -0.2) is 4.68 Å². The lowest BCUT2D eigenvalue weighted by Crippen LogP contribution is -2.47. The second kappa shape index (κ2) is 7.18. The average Bonchev–Trinajstić information content (AvgIpc) is 3.20. The first-order chi connectivity index (χ1) is 13.8. The molecule has 8 nitrogen and oxygen atoms in total. The number of hydrogen-bond donors (Lipinski definition) is 0. The molecule has 5 rings (SSSR count). The van der Waals surface area contributed by atoms with Gasteiger partial charge in [0.1, 0.15) is 0 Å². The topological polar surface area (TPSA) is 75.9 Å². The molecular weight excluding hydrogens is 352 g/mol. The molecule has 28 heavy (non-hydrogen) atoms. The van der Waals surface area contributed by atoms with Gasteiger partial charge in [-0.05, 0) is 62.4 Å². The molecule has 1 saturated heterocycles. The molecule has 1 fully saturated rings. The van der Waals surface area contributed by atoms with E-state index >= 15 is 0 Å². The van der Waals surface area contributed by atoms with Gasteiger partial charge in [0.2, 0.25) is 0 Å². The van der Waals surface area contributed by atoms with Gasteiger partial charge in [-0.1, -0.05) is 0 Å². The van der Waals surface area contributed by atoms with E-state index in [1.165, 1.54) is 24.1 Å². The maximum absolute atomic E-state index is 4.48. The summed E-state index contributed by atoms with van der Waals surface area (Å²) in [5, 5.41) is 22.1. The maximum atomic E-state index is 4.48. The molecule has 0 N–H and O–H groups in total. The Bertz CT molecular complexity index is 957. The fraction of sp³-hybridized carbons (Fsp3) is 0.450. The van der Waals surface area contributed by atoms with Gasteiger partial charge in [-0.15, -0.1) is 15.3 Å². The van der Waals surface area contributed by atoms with Gasteiger partial charge in [0.15, 0.2) is 17.5 Å². The van der Waals surface area contributed by atoms with Crippen molar-refractivity contribution in [1.82, 2.24) is 30.2 Å². The highest BCUT2D eigenvalue weighted by molar-refractivity contribution is 5.46. The van der Waals surface area contributed by atoms with E-state index in [1.807, 2.05) is 31.3 Å². The zero-order valence-corrected chi connectivity index (χ0v) is 16.1. The van der Waals surface area contributed by atoms with Crippen LogP contribution in [0.1, 0.15) is 29.8 Å². The van der Waals surface area contributed by atoms with Crippen molar-refractivity contribution in [2.24, 2.45) is 0 Å². The fourth-order valence-corrected chi connectivity index (χ4v) is 3.95. The summed E-state index contributed by atoms with van der Waals surface area (Å²) in [5.74, 6) is 2.65. The molecular formula is C20H24N8. The van der Waals surface area contributed by atoms with E-state index in [1.54, 1.807) is 4.68 Å². The van der Waals surface area contributed by atoms with Gasteiger partial charge in [-0.2, -0.15) is 10.2 Å². The molecule has 3 aromatic rings. The lowest BCUT2D eigenvalue weighted by atomic mass is 9.97. The van der Waals surface area contributed by atoms with Crippen LogP contribution in [-0.4, -0.2) is 56.4 Å². The smallest absolute Gasteiger partial charge is 0.175 e. The predicted molar refractivity (Wildman–Crippen MR) is 107 cm³/mol. The van der Waals surface area contributed by atoms with E-state index in [4.69, 9.17) is 0 Å². The van der Waals surface area contributed by atoms with Crippen LogP contribution < -0.4 is 9.80 Å². The van der Waals surface area contributed by atoms with Crippen molar-refractivity contribution in [1.29, 1.82) is 0 Å². The Labute approximate surface area is 164 Å². The number of hydrogen-bond acceptors (Lipinski definition) is 7. The predicted octanol–water partition coefficient (Wildman–Crippen LogP) is 1.97. The Morgan fingerprint density at radius 2 is 1.43 bits per heavy atom. The summed E-state index contributed by atoms with van der Waals surface area (Å²) in [5.41, 5.74) is 3.54. The van der Waals surface area contributed by atoms with Crippen molar-refractivity contribution in [3.8, 4) is 5.82 Å². The van der Waals surface area contributed by atoms with Crippen molar-refractivity contribution in [3.05, 3.63) is 47.4 Å². The molecule has 0 atom stereocenters. The molecule has 4 heterocycles. The van der Waals surface area contributed by atoms with E-state index in [0.29, 0.717) is 0 Å². The number of aryl methyl sites for hydroxylation is 3. The summed E-state index contributed by atoms with van der Waals surface area (Å²) < 4.78 is 1.75. The van der Waals surface area contributed by atoms with Gasteiger partial charge in [-0.3, -0.25) is 0 Å². The van der Waals surface area contributed by atoms with Crippen LogP contribution in [0, 0.1) is 6.92 Å². The summed E-state index contributed by atoms with van der Waals surface area (Å²) in [6.45, 7) is 5.58. The first kappa shape index (κ1) is 17.1. The summed E-state index contributed by atoms with van der Waals surface area (Å²) in [6, 6.07) is 8.19. The third-order valence-electron chi connectivity index (χ3n) is 5.58. The largest absolute Gasteiger partial charge is 0.352 e. The molecule has 1 aliphatic carbocycles. The Morgan fingerprint density at radius 3 is 2.14 bits per heavy atom. The van der Waals surface area contributed by atoms with Crippen molar-refractivity contribution >= 4 is 11.6 Å². The first-order valence-corrected chi connectivity index (χ1v) is 9.98. The average molecular weight is 376 g/mol. The van der Waals surface area contributed by atoms with Gasteiger partial charge >= 0.3 is 0 Å². The normalized spacial score (nSPS) is 16.9. The van der Waals surface area contributed by atoms with Crippen LogP contribution >= 0.6 is 0 Å².